The Morgan fingerprint density at radius 2 is 2.40 bits per heavy atom. The number of benzene rings is 1. The average molecular weight is 207 g/mol. The van der Waals surface area contributed by atoms with Gasteiger partial charge in [-0.3, -0.25) is 0 Å². The SMILES string of the molecule is CC(CO)Nc1nc2c(N)cccc2o1. The summed E-state index contributed by atoms with van der Waals surface area (Å²) in [6, 6.07) is 5.66. The van der Waals surface area contributed by atoms with E-state index in [1.165, 1.54) is 0 Å². The fourth-order valence-corrected chi connectivity index (χ4v) is 1.29. The van der Waals surface area contributed by atoms with Crippen molar-refractivity contribution in [2.24, 2.45) is 0 Å². The molecule has 0 radical (unpaired) electrons. The number of rotatable bonds is 3. The van der Waals surface area contributed by atoms with E-state index in [2.05, 4.69) is 10.3 Å². The first-order valence-corrected chi connectivity index (χ1v) is 4.73. The van der Waals surface area contributed by atoms with E-state index >= 15 is 0 Å². The minimum absolute atomic E-state index is 0.0220. The number of nitrogens with one attached hydrogen (secondary N) is 1. The summed E-state index contributed by atoms with van der Waals surface area (Å²) in [4.78, 5) is 4.19. The van der Waals surface area contributed by atoms with Gasteiger partial charge in [0.05, 0.1) is 18.3 Å². The van der Waals surface area contributed by atoms with Gasteiger partial charge in [0, 0.05) is 0 Å². The fraction of sp³-hybridized carbons (Fsp3) is 0.300. The lowest BCUT2D eigenvalue weighted by Crippen LogP contribution is -2.19. The third kappa shape index (κ3) is 1.87. The number of nitrogens with zero attached hydrogens (tertiary/aromatic N) is 1. The van der Waals surface area contributed by atoms with Crippen molar-refractivity contribution in [2.75, 3.05) is 17.7 Å². The first-order valence-electron chi connectivity index (χ1n) is 4.73. The van der Waals surface area contributed by atoms with E-state index in [4.69, 9.17) is 15.3 Å². The number of aromatic nitrogens is 1. The van der Waals surface area contributed by atoms with Gasteiger partial charge in [-0.1, -0.05) is 6.07 Å². The van der Waals surface area contributed by atoms with E-state index in [0.717, 1.165) is 0 Å². The summed E-state index contributed by atoms with van der Waals surface area (Å²) >= 11 is 0. The van der Waals surface area contributed by atoms with Crippen LogP contribution in [0.3, 0.4) is 0 Å². The minimum Gasteiger partial charge on any atom is -0.423 e. The molecule has 1 atom stereocenters. The fourth-order valence-electron chi connectivity index (χ4n) is 1.29. The van der Waals surface area contributed by atoms with E-state index < -0.39 is 0 Å². The summed E-state index contributed by atoms with van der Waals surface area (Å²) in [5.41, 5.74) is 7.60. The molecule has 0 aliphatic rings. The molecule has 4 N–H and O–H groups in total. The zero-order valence-corrected chi connectivity index (χ0v) is 8.40. The lowest BCUT2D eigenvalue weighted by molar-refractivity contribution is 0.279. The normalized spacial score (nSPS) is 12.9. The van der Waals surface area contributed by atoms with Gasteiger partial charge in [0.15, 0.2) is 5.58 Å². The average Bonchev–Trinajstić information content (AvgIpc) is 2.62. The minimum atomic E-state index is -0.0979. The maximum absolute atomic E-state index is 8.87. The van der Waals surface area contributed by atoms with Crippen molar-refractivity contribution in [3.05, 3.63) is 18.2 Å². The van der Waals surface area contributed by atoms with Crippen LogP contribution < -0.4 is 11.1 Å². The van der Waals surface area contributed by atoms with Crippen molar-refractivity contribution >= 4 is 22.8 Å². The Labute approximate surface area is 86.9 Å². The number of para-hydroxylation sites is 1. The van der Waals surface area contributed by atoms with Crippen LogP contribution in [0.25, 0.3) is 11.1 Å². The second kappa shape index (κ2) is 3.78. The quantitative estimate of drug-likeness (QED) is 0.658. The van der Waals surface area contributed by atoms with Gasteiger partial charge in [0.1, 0.15) is 5.52 Å². The highest BCUT2D eigenvalue weighted by Crippen LogP contribution is 2.23. The monoisotopic (exact) mass is 207 g/mol. The van der Waals surface area contributed by atoms with Crippen LogP contribution in [-0.2, 0) is 0 Å². The molecular formula is C10H13N3O2. The summed E-state index contributed by atoms with van der Waals surface area (Å²) in [5.74, 6) is 0. The summed E-state index contributed by atoms with van der Waals surface area (Å²) in [7, 11) is 0. The van der Waals surface area contributed by atoms with Crippen molar-refractivity contribution in [2.45, 2.75) is 13.0 Å². The largest absolute Gasteiger partial charge is 0.423 e. The maximum Gasteiger partial charge on any atom is 0.296 e. The number of aliphatic hydroxyl groups is 1. The topological polar surface area (TPSA) is 84.3 Å². The first-order chi connectivity index (χ1) is 7.20. The molecule has 0 amide bonds. The molecule has 5 nitrogen and oxygen atoms in total. The second-order valence-electron chi connectivity index (χ2n) is 3.44. The highest BCUT2D eigenvalue weighted by molar-refractivity contribution is 5.86. The number of hydrogen-bond acceptors (Lipinski definition) is 5. The third-order valence-corrected chi connectivity index (χ3v) is 2.09. The van der Waals surface area contributed by atoms with Crippen molar-refractivity contribution in [1.29, 1.82) is 0 Å². The van der Waals surface area contributed by atoms with Gasteiger partial charge in [0.2, 0.25) is 0 Å². The van der Waals surface area contributed by atoms with Crippen molar-refractivity contribution in [3.8, 4) is 0 Å². The van der Waals surface area contributed by atoms with E-state index in [1.807, 2.05) is 13.0 Å². The molecule has 0 spiro atoms. The zero-order chi connectivity index (χ0) is 10.8. The lowest BCUT2D eigenvalue weighted by Gasteiger charge is -2.06. The van der Waals surface area contributed by atoms with Crippen molar-refractivity contribution in [1.82, 2.24) is 4.98 Å². The highest BCUT2D eigenvalue weighted by Gasteiger charge is 2.09. The van der Waals surface area contributed by atoms with Gasteiger partial charge in [-0.15, -0.1) is 0 Å². The summed E-state index contributed by atoms with van der Waals surface area (Å²) < 4.78 is 5.41. The molecule has 1 unspecified atom stereocenters. The second-order valence-corrected chi connectivity index (χ2v) is 3.44. The van der Waals surface area contributed by atoms with E-state index in [9.17, 15) is 0 Å². The van der Waals surface area contributed by atoms with Gasteiger partial charge >= 0.3 is 0 Å². The molecule has 0 saturated heterocycles. The number of anilines is 2. The van der Waals surface area contributed by atoms with E-state index in [0.29, 0.717) is 22.8 Å². The summed E-state index contributed by atoms with van der Waals surface area (Å²) in [5, 5.41) is 11.8. The molecule has 1 aromatic heterocycles. The predicted molar refractivity (Wildman–Crippen MR) is 58.6 cm³/mol. The van der Waals surface area contributed by atoms with E-state index in [-0.39, 0.29) is 12.6 Å². The van der Waals surface area contributed by atoms with E-state index in [1.54, 1.807) is 12.1 Å². The Hall–Kier alpha value is -1.75. The number of hydrogen-bond donors (Lipinski definition) is 3. The first kappa shape index (κ1) is 9.79. The molecule has 0 bridgehead atoms. The number of nitrogen functional groups attached to an aromatic ring is 1. The molecule has 0 aliphatic heterocycles. The lowest BCUT2D eigenvalue weighted by atomic mass is 10.3. The Bertz CT molecular complexity index is 467. The van der Waals surface area contributed by atoms with Crippen LogP contribution in [0.4, 0.5) is 11.7 Å². The number of oxazole rings is 1. The van der Waals surface area contributed by atoms with Crippen LogP contribution in [0.2, 0.25) is 0 Å². The molecule has 5 heteroatoms. The smallest absolute Gasteiger partial charge is 0.296 e. The number of fused-ring (bicyclic) bond motifs is 1. The van der Waals surface area contributed by atoms with Crippen LogP contribution in [0.5, 0.6) is 0 Å². The molecule has 80 valence electrons. The number of nitrogens with two attached hydrogens (primary N) is 1. The Kier molecular flexibility index (Phi) is 2.47. The van der Waals surface area contributed by atoms with Crippen LogP contribution in [-0.4, -0.2) is 22.7 Å². The molecule has 2 aromatic rings. The maximum atomic E-state index is 8.87. The number of aliphatic hydroxyl groups excluding tert-OH is 1. The molecule has 2 rings (SSSR count). The molecule has 0 aliphatic carbocycles. The zero-order valence-electron chi connectivity index (χ0n) is 8.40. The van der Waals surface area contributed by atoms with Gasteiger partial charge in [0.25, 0.3) is 6.01 Å². The third-order valence-electron chi connectivity index (χ3n) is 2.09. The Balaban J connectivity index is 2.35. The Morgan fingerprint density at radius 3 is 3.07 bits per heavy atom. The van der Waals surface area contributed by atoms with Gasteiger partial charge < -0.3 is 20.6 Å². The van der Waals surface area contributed by atoms with Crippen LogP contribution >= 0.6 is 0 Å². The summed E-state index contributed by atoms with van der Waals surface area (Å²) in [6.45, 7) is 1.85. The molecule has 0 saturated carbocycles. The molecule has 0 fully saturated rings. The highest BCUT2D eigenvalue weighted by atomic mass is 16.4. The van der Waals surface area contributed by atoms with Crippen molar-refractivity contribution < 1.29 is 9.52 Å². The van der Waals surface area contributed by atoms with Crippen LogP contribution in [0, 0.1) is 0 Å². The standard InChI is InChI=1S/C10H13N3O2/c1-6(5-14)12-10-13-9-7(11)3-2-4-8(9)15-10/h2-4,6,14H,5,11H2,1H3,(H,12,13). The van der Waals surface area contributed by atoms with Crippen LogP contribution in [0.15, 0.2) is 22.6 Å². The summed E-state index contributed by atoms with van der Waals surface area (Å²) in [6.07, 6.45) is 0. The Morgan fingerprint density at radius 1 is 1.60 bits per heavy atom. The molecule has 1 heterocycles. The van der Waals surface area contributed by atoms with Gasteiger partial charge in [-0.2, -0.15) is 4.98 Å². The van der Waals surface area contributed by atoms with Gasteiger partial charge in [-0.05, 0) is 19.1 Å². The predicted octanol–water partition coefficient (Wildman–Crippen LogP) is 1.20. The van der Waals surface area contributed by atoms with Crippen molar-refractivity contribution in [3.63, 3.8) is 0 Å². The molecular weight excluding hydrogens is 194 g/mol. The molecule has 1 aromatic carbocycles. The molecule has 15 heavy (non-hydrogen) atoms. The van der Waals surface area contributed by atoms with Gasteiger partial charge in [-0.25, -0.2) is 0 Å². The van der Waals surface area contributed by atoms with Crippen LogP contribution in [0.1, 0.15) is 6.92 Å².